The van der Waals surface area contributed by atoms with Crippen molar-refractivity contribution in [3.8, 4) is 11.5 Å². The number of nitrogens with zero attached hydrogens (tertiary/aromatic N) is 1. The monoisotopic (exact) mass is 424 g/mol. The van der Waals surface area contributed by atoms with Crippen LogP contribution in [0.5, 0.6) is 11.5 Å². The Morgan fingerprint density at radius 3 is 2.52 bits per heavy atom. The number of amides is 3. The van der Waals surface area contributed by atoms with Crippen LogP contribution in [0.2, 0.25) is 0 Å². The molecule has 3 N–H and O–H groups in total. The molecule has 0 aliphatic rings. The van der Waals surface area contributed by atoms with Gasteiger partial charge < -0.3 is 20.1 Å². The number of methoxy groups -OCH3 is 1. The third-order valence-electron chi connectivity index (χ3n) is 3.87. The van der Waals surface area contributed by atoms with E-state index in [0.717, 1.165) is 5.56 Å². The van der Waals surface area contributed by atoms with E-state index in [1.165, 1.54) is 19.4 Å². The van der Waals surface area contributed by atoms with Crippen molar-refractivity contribution < 1.29 is 23.9 Å². The molecular formula is C22H24N4O5. The van der Waals surface area contributed by atoms with Crippen molar-refractivity contribution in [1.29, 1.82) is 0 Å². The number of hydrazone groups is 1. The molecule has 0 radical (unpaired) electrons. The molecule has 2 aromatic carbocycles. The minimum absolute atomic E-state index is 0.174. The molecule has 9 heteroatoms. The number of nitrogens with one attached hydrogen (secondary N) is 3. The van der Waals surface area contributed by atoms with Gasteiger partial charge >= 0.3 is 11.8 Å². The molecule has 0 aromatic heterocycles. The molecule has 2 aromatic rings. The van der Waals surface area contributed by atoms with Gasteiger partial charge in [0.1, 0.15) is 0 Å². The topological polar surface area (TPSA) is 118 Å². The number of carbonyl (C=O) groups excluding carboxylic acids is 3. The van der Waals surface area contributed by atoms with Gasteiger partial charge in [-0.2, -0.15) is 5.10 Å². The first-order valence-corrected chi connectivity index (χ1v) is 9.37. The number of carbonyl (C=O) groups is 3. The van der Waals surface area contributed by atoms with Crippen LogP contribution in [0.3, 0.4) is 0 Å². The number of benzene rings is 2. The van der Waals surface area contributed by atoms with Gasteiger partial charge in [-0.3, -0.25) is 14.4 Å². The highest BCUT2D eigenvalue weighted by atomic mass is 16.5. The molecule has 0 aliphatic carbocycles. The van der Waals surface area contributed by atoms with E-state index in [2.05, 4.69) is 27.7 Å². The van der Waals surface area contributed by atoms with E-state index in [1.54, 1.807) is 18.2 Å². The maximum atomic E-state index is 12.0. The normalized spacial score (nSPS) is 10.2. The fraction of sp³-hybridized carbons (Fsp3) is 0.182. The Hall–Kier alpha value is -4.14. The van der Waals surface area contributed by atoms with Crippen molar-refractivity contribution in [3.63, 3.8) is 0 Å². The maximum absolute atomic E-state index is 12.0. The van der Waals surface area contributed by atoms with Gasteiger partial charge in [-0.25, -0.2) is 5.43 Å². The van der Waals surface area contributed by atoms with Crippen molar-refractivity contribution in [2.24, 2.45) is 5.10 Å². The van der Waals surface area contributed by atoms with Crippen molar-refractivity contribution in [2.45, 2.75) is 6.54 Å². The van der Waals surface area contributed by atoms with Crippen LogP contribution in [0.1, 0.15) is 11.1 Å². The van der Waals surface area contributed by atoms with Gasteiger partial charge in [-0.15, -0.1) is 6.58 Å². The second-order valence-electron chi connectivity index (χ2n) is 6.16. The number of hydrogen-bond acceptors (Lipinski definition) is 6. The Kier molecular flexibility index (Phi) is 9.28. The second-order valence-corrected chi connectivity index (χ2v) is 6.16. The molecule has 0 saturated carbocycles. The van der Waals surface area contributed by atoms with Gasteiger partial charge in [-0.1, -0.05) is 36.4 Å². The van der Waals surface area contributed by atoms with Crippen molar-refractivity contribution in [3.05, 3.63) is 72.3 Å². The molecule has 9 nitrogen and oxygen atoms in total. The third kappa shape index (κ3) is 8.01. The molecule has 162 valence electrons. The molecule has 0 atom stereocenters. The summed E-state index contributed by atoms with van der Waals surface area (Å²) in [6, 6.07) is 14.4. The van der Waals surface area contributed by atoms with Gasteiger partial charge in [0.05, 0.1) is 13.3 Å². The fourth-order valence-electron chi connectivity index (χ4n) is 2.34. The summed E-state index contributed by atoms with van der Waals surface area (Å²) in [5.41, 5.74) is 3.69. The fourth-order valence-corrected chi connectivity index (χ4v) is 2.34. The SMILES string of the molecule is C=CCNC(=O)C(=O)N/N=C\c1ccc(OCC(=O)NCc2ccccc2)c(OC)c1. The van der Waals surface area contributed by atoms with Crippen LogP contribution in [0.4, 0.5) is 0 Å². The molecule has 2 rings (SSSR count). The Bertz CT molecular complexity index is 944. The van der Waals surface area contributed by atoms with Crippen LogP contribution in [-0.4, -0.2) is 44.2 Å². The molecule has 3 amide bonds. The first kappa shape index (κ1) is 23.1. The standard InChI is InChI=1S/C22H24N4O5/c1-3-11-23-21(28)22(29)26-25-14-17-9-10-18(19(12-17)30-2)31-15-20(27)24-13-16-7-5-4-6-8-16/h3-10,12,14H,1,11,13,15H2,2H3,(H,23,28)(H,24,27)(H,26,29)/b25-14-. The second kappa shape index (κ2) is 12.4. The van der Waals surface area contributed by atoms with Crippen molar-refractivity contribution >= 4 is 23.9 Å². The Labute approximate surface area is 180 Å². The summed E-state index contributed by atoms with van der Waals surface area (Å²) >= 11 is 0. The van der Waals surface area contributed by atoms with Crippen LogP contribution < -0.4 is 25.5 Å². The average molecular weight is 424 g/mol. The molecule has 0 fully saturated rings. The average Bonchev–Trinajstić information content (AvgIpc) is 2.80. The minimum atomic E-state index is -0.897. The molecule has 31 heavy (non-hydrogen) atoms. The van der Waals surface area contributed by atoms with Gasteiger partial charge in [0.2, 0.25) is 0 Å². The molecular weight excluding hydrogens is 400 g/mol. The largest absolute Gasteiger partial charge is 0.493 e. The van der Waals surface area contributed by atoms with Crippen LogP contribution in [0.25, 0.3) is 0 Å². The van der Waals surface area contributed by atoms with E-state index in [1.807, 2.05) is 30.3 Å². The number of ether oxygens (including phenoxy) is 2. The lowest BCUT2D eigenvalue weighted by Crippen LogP contribution is -2.37. The molecule has 0 bridgehead atoms. The van der Waals surface area contributed by atoms with E-state index in [-0.39, 0.29) is 19.1 Å². The van der Waals surface area contributed by atoms with Gasteiger partial charge in [-0.05, 0) is 29.3 Å². The number of rotatable bonds is 10. The summed E-state index contributed by atoms with van der Waals surface area (Å²) in [5.74, 6) is -1.22. The lowest BCUT2D eigenvalue weighted by atomic mass is 10.2. The van der Waals surface area contributed by atoms with E-state index < -0.39 is 11.8 Å². The third-order valence-corrected chi connectivity index (χ3v) is 3.87. The van der Waals surface area contributed by atoms with E-state index in [9.17, 15) is 14.4 Å². The van der Waals surface area contributed by atoms with E-state index in [4.69, 9.17) is 9.47 Å². The predicted octanol–water partition coefficient (Wildman–Crippen LogP) is 1.14. The van der Waals surface area contributed by atoms with Crippen LogP contribution in [0.15, 0.2) is 66.3 Å². The molecule has 0 aliphatic heterocycles. The Balaban J connectivity index is 1.86. The van der Waals surface area contributed by atoms with Gasteiger partial charge in [0.15, 0.2) is 18.1 Å². The lowest BCUT2D eigenvalue weighted by molar-refractivity contribution is -0.139. The first-order valence-electron chi connectivity index (χ1n) is 9.37. The number of hydrogen-bond donors (Lipinski definition) is 3. The first-order chi connectivity index (χ1) is 15.0. The van der Waals surface area contributed by atoms with Gasteiger partial charge in [0.25, 0.3) is 5.91 Å². The lowest BCUT2D eigenvalue weighted by Gasteiger charge is -2.11. The summed E-state index contributed by atoms with van der Waals surface area (Å²) in [7, 11) is 1.46. The molecule has 0 saturated heterocycles. The maximum Gasteiger partial charge on any atom is 0.329 e. The smallest absolute Gasteiger partial charge is 0.329 e. The van der Waals surface area contributed by atoms with E-state index in [0.29, 0.717) is 23.6 Å². The minimum Gasteiger partial charge on any atom is -0.493 e. The zero-order chi connectivity index (χ0) is 22.5. The predicted molar refractivity (Wildman–Crippen MR) is 116 cm³/mol. The van der Waals surface area contributed by atoms with Crippen molar-refractivity contribution in [2.75, 3.05) is 20.3 Å². The Morgan fingerprint density at radius 1 is 1.03 bits per heavy atom. The highest BCUT2D eigenvalue weighted by Gasteiger charge is 2.11. The molecule has 0 heterocycles. The molecule has 0 spiro atoms. The Morgan fingerprint density at radius 2 is 1.81 bits per heavy atom. The summed E-state index contributed by atoms with van der Waals surface area (Å²) < 4.78 is 10.8. The van der Waals surface area contributed by atoms with Crippen LogP contribution >= 0.6 is 0 Å². The van der Waals surface area contributed by atoms with Crippen LogP contribution in [0, 0.1) is 0 Å². The summed E-state index contributed by atoms with van der Waals surface area (Å²) in [5, 5.41) is 8.84. The summed E-state index contributed by atoms with van der Waals surface area (Å²) in [6.45, 7) is 3.86. The van der Waals surface area contributed by atoms with Gasteiger partial charge in [0, 0.05) is 13.1 Å². The van der Waals surface area contributed by atoms with Crippen LogP contribution in [-0.2, 0) is 20.9 Å². The molecule has 0 unspecified atom stereocenters. The quantitative estimate of drug-likeness (QED) is 0.229. The zero-order valence-corrected chi connectivity index (χ0v) is 17.1. The summed E-state index contributed by atoms with van der Waals surface area (Å²) in [4.78, 5) is 35.0. The summed E-state index contributed by atoms with van der Waals surface area (Å²) in [6.07, 6.45) is 2.80. The highest BCUT2D eigenvalue weighted by molar-refractivity contribution is 6.35. The van der Waals surface area contributed by atoms with E-state index >= 15 is 0 Å². The van der Waals surface area contributed by atoms with Crippen molar-refractivity contribution in [1.82, 2.24) is 16.1 Å². The zero-order valence-electron chi connectivity index (χ0n) is 17.1. The highest BCUT2D eigenvalue weighted by Crippen LogP contribution is 2.27.